The van der Waals surface area contributed by atoms with Crippen LogP contribution in [0.2, 0.25) is 0 Å². The van der Waals surface area contributed by atoms with Crippen LogP contribution in [-0.2, 0) is 17.8 Å². The Balaban J connectivity index is 1.44. The van der Waals surface area contributed by atoms with E-state index in [9.17, 15) is 5.11 Å². The van der Waals surface area contributed by atoms with Crippen molar-refractivity contribution in [2.75, 3.05) is 52.5 Å². The third kappa shape index (κ3) is 3.67. The van der Waals surface area contributed by atoms with Crippen molar-refractivity contribution in [3.63, 3.8) is 0 Å². The molecule has 0 spiro atoms. The highest BCUT2D eigenvalue weighted by Crippen LogP contribution is 2.28. The summed E-state index contributed by atoms with van der Waals surface area (Å²) in [6, 6.07) is 8.89. The first-order valence-electron chi connectivity index (χ1n) is 9.98. The highest BCUT2D eigenvalue weighted by atomic mass is 16.5. The average molecular weight is 357 g/mol. The number of aliphatic hydroxyl groups is 1. The first kappa shape index (κ1) is 18.0. The van der Waals surface area contributed by atoms with Crippen LogP contribution in [0, 0.1) is 11.8 Å². The Labute approximate surface area is 156 Å². The molecule has 1 aromatic heterocycles. The Bertz CT molecular complexity index is 723. The van der Waals surface area contributed by atoms with E-state index in [1.807, 2.05) is 0 Å². The van der Waals surface area contributed by atoms with Crippen molar-refractivity contribution < 1.29 is 9.84 Å². The molecule has 2 fully saturated rings. The van der Waals surface area contributed by atoms with Gasteiger partial charge in [0.25, 0.3) is 0 Å². The molecular formula is C21H31N3O2. The Morgan fingerprint density at radius 3 is 2.65 bits per heavy atom. The summed E-state index contributed by atoms with van der Waals surface area (Å²) in [5.41, 5.74) is 2.73. The minimum Gasteiger partial charge on any atom is -0.396 e. The van der Waals surface area contributed by atoms with Crippen molar-refractivity contribution in [1.29, 1.82) is 0 Å². The largest absolute Gasteiger partial charge is 0.396 e. The molecule has 5 heteroatoms. The number of fused-ring (bicyclic) bond motifs is 1. The Kier molecular flexibility index (Phi) is 5.60. The molecule has 1 aromatic carbocycles. The number of hydrogen-bond donors (Lipinski definition) is 1. The number of aromatic nitrogens is 1. The number of ether oxygens (including phenoxy) is 1. The van der Waals surface area contributed by atoms with E-state index in [4.69, 9.17) is 4.74 Å². The van der Waals surface area contributed by atoms with Crippen LogP contribution in [-0.4, -0.2) is 72.0 Å². The van der Waals surface area contributed by atoms with E-state index in [1.165, 1.54) is 16.5 Å². The van der Waals surface area contributed by atoms with Gasteiger partial charge in [0.2, 0.25) is 0 Å². The lowest BCUT2D eigenvalue weighted by atomic mass is 9.96. The summed E-state index contributed by atoms with van der Waals surface area (Å²) in [4.78, 5) is 5.03. The fourth-order valence-corrected chi connectivity index (χ4v) is 4.64. The zero-order chi connectivity index (χ0) is 17.9. The quantitative estimate of drug-likeness (QED) is 0.859. The summed E-state index contributed by atoms with van der Waals surface area (Å²) in [5.74, 6) is 0.940. The molecule has 0 amide bonds. The maximum Gasteiger partial charge on any atom is 0.0594 e. The van der Waals surface area contributed by atoms with Gasteiger partial charge >= 0.3 is 0 Å². The Morgan fingerprint density at radius 2 is 1.88 bits per heavy atom. The molecule has 4 rings (SSSR count). The molecule has 0 bridgehead atoms. The van der Waals surface area contributed by atoms with E-state index in [1.54, 1.807) is 0 Å². The van der Waals surface area contributed by atoms with Gasteiger partial charge in [0.15, 0.2) is 0 Å². The Morgan fingerprint density at radius 1 is 1.08 bits per heavy atom. The van der Waals surface area contributed by atoms with Crippen molar-refractivity contribution in [2.24, 2.45) is 11.8 Å². The lowest BCUT2D eigenvalue weighted by Crippen LogP contribution is -2.41. The Hall–Kier alpha value is -1.40. The summed E-state index contributed by atoms with van der Waals surface area (Å²) in [6.45, 7) is 11.4. The molecule has 2 aliphatic rings. The van der Waals surface area contributed by atoms with Crippen LogP contribution in [0.4, 0.5) is 0 Å². The maximum absolute atomic E-state index is 9.88. The van der Waals surface area contributed by atoms with Crippen LogP contribution >= 0.6 is 0 Å². The number of nitrogens with zero attached hydrogens (tertiary/aromatic N) is 3. The van der Waals surface area contributed by atoms with E-state index >= 15 is 0 Å². The zero-order valence-corrected chi connectivity index (χ0v) is 15.8. The van der Waals surface area contributed by atoms with E-state index in [0.29, 0.717) is 18.4 Å². The summed E-state index contributed by atoms with van der Waals surface area (Å²) < 4.78 is 7.77. The second-order valence-corrected chi connectivity index (χ2v) is 7.76. The van der Waals surface area contributed by atoms with Gasteiger partial charge in [0.1, 0.15) is 0 Å². The number of rotatable bonds is 6. The highest BCUT2D eigenvalue weighted by Gasteiger charge is 2.33. The molecule has 2 aromatic rings. The molecule has 142 valence electrons. The number of aliphatic hydroxyl groups excluding tert-OH is 1. The highest BCUT2D eigenvalue weighted by molar-refractivity contribution is 5.83. The minimum absolute atomic E-state index is 0.294. The molecule has 26 heavy (non-hydrogen) atoms. The van der Waals surface area contributed by atoms with Gasteiger partial charge in [-0.2, -0.15) is 0 Å². The number of likely N-dealkylation sites (tertiary alicyclic amines) is 1. The van der Waals surface area contributed by atoms with Gasteiger partial charge in [0.05, 0.1) is 13.2 Å². The van der Waals surface area contributed by atoms with Gasteiger partial charge in [0, 0.05) is 69.5 Å². The van der Waals surface area contributed by atoms with E-state index in [-0.39, 0.29) is 0 Å². The van der Waals surface area contributed by atoms with Crippen molar-refractivity contribution in [1.82, 2.24) is 14.4 Å². The van der Waals surface area contributed by atoms with Gasteiger partial charge in [-0.15, -0.1) is 0 Å². The standard InChI is InChI=1S/C21H31N3O2/c1-2-24-7-6-20-17(4-3-5-21(20)24)12-23-14-18(19(15-23)16-25)13-22-8-10-26-11-9-22/h3-7,18-19,25H,2,8-16H2,1H3. The number of morpholine rings is 1. The molecule has 2 saturated heterocycles. The smallest absolute Gasteiger partial charge is 0.0594 e. The maximum atomic E-state index is 9.88. The van der Waals surface area contributed by atoms with Crippen LogP contribution in [0.3, 0.4) is 0 Å². The van der Waals surface area contributed by atoms with E-state index < -0.39 is 0 Å². The normalized spacial score (nSPS) is 25.3. The van der Waals surface area contributed by atoms with Crippen molar-refractivity contribution in [2.45, 2.75) is 20.0 Å². The first-order valence-corrected chi connectivity index (χ1v) is 9.98. The van der Waals surface area contributed by atoms with E-state index in [0.717, 1.165) is 59.0 Å². The molecule has 0 saturated carbocycles. The van der Waals surface area contributed by atoms with Crippen LogP contribution < -0.4 is 0 Å². The average Bonchev–Trinajstić information content (AvgIpc) is 3.26. The third-order valence-electron chi connectivity index (χ3n) is 6.12. The first-order chi connectivity index (χ1) is 12.8. The SMILES string of the molecule is CCn1ccc2c(CN3CC(CO)C(CN4CCOCC4)C3)cccc21. The molecular weight excluding hydrogens is 326 g/mol. The van der Waals surface area contributed by atoms with Crippen LogP contribution in [0.25, 0.3) is 10.9 Å². The summed E-state index contributed by atoms with van der Waals surface area (Å²) in [7, 11) is 0. The molecule has 1 N–H and O–H groups in total. The topological polar surface area (TPSA) is 40.9 Å². The molecule has 3 heterocycles. The number of aryl methyl sites for hydroxylation is 1. The predicted octanol–water partition coefficient (Wildman–Crippen LogP) is 2.03. The van der Waals surface area contributed by atoms with Crippen LogP contribution in [0.5, 0.6) is 0 Å². The number of hydrogen-bond acceptors (Lipinski definition) is 4. The zero-order valence-electron chi connectivity index (χ0n) is 15.8. The molecule has 0 aliphatic carbocycles. The second kappa shape index (κ2) is 8.09. The van der Waals surface area contributed by atoms with Crippen LogP contribution in [0.1, 0.15) is 12.5 Å². The molecule has 5 nitrogen and oxygen atoms in total. The number of benzene rings is 1. The molecule has 2 aliphatic heterocycles. The summed E-state index contributed by atoms with van der Waals surface area (Å²) in [5, 5.41) is 11.3. The van der Waals surface area contributed by atoms with Gasteiger partial charge in [-0.1, -0.05) is 12.1 Å². The van der Waals surface area contributed by atoms with Crippen molar-refractivity contribution in [3.8, 4) is 0 Å². The predicted molar refractivity (Wildman–Crippen MR) is 104 cm³/mol. The molecule has 2 atom stereocenters. The fourth-order valence-electron chi connectivity index (χ4n) is 4.64. The van der Waals surface area contributed by atoms with Gasteiger partial charge < -0.3 is 14.4 Å². The summed E-state index contributed by atoms with van der Waals surface area (Å²) in [6.07, 6.45) is 2.19. The van der Waals surface area contributed by atoms with Gasteiger partial charge in [-0.25, -0.2) is 0 Å². The lowest BCUT2D eigenvalue weighted by Gasteiger charge is -2.30. The lowest BCUT2D eigenvalue weighted by molar-refractivity contribution is 0.0264. The van der Waals surface area contributed by atoms with Gasteiger partial charge in [-0.05, 0) is 36.5 Å². The second-order valence-electron chi connectivity index (χ2n) is 7.76. The summed E-state index contributed by atoms with van der Waals surface area (Å²) >= 11 is 0. The van der Waals surface area contributed by atoms with Crippen molar-refractivity contribution >= 4 is 10.9 Å². The molecule has 0 radical (unpaired) electrons. The minimum atomic E-state index is 0.294. The monoisotopic (exact) mass is 357 g/mol. The van der Waals surface area contributed by atoms with Crippen LogP contribution in [0.15, 0.2) is 30.5 Å². The molecule has 2 unspecified atom stereocenters. The van der Waals surface area contributed by atoms with Crippen molar-refractivity contribution in [3.05, 3.63) is 36.0 Å². The third-order valence-corrected chi connectivity index (χ3v) is 6.12. The van der Waals surface area contributed by atoms with E-state index in [2.05, 4.69) is 51.8 Å². The fraction of sp³-hybridized carbons (Fsp3) is 0.619. The van der Waals surface area contributed by atoms with Gasteiger partial charge in [-0.3, -0.25) is 9.80 Å².